The number of ether oxygens (including phenoxy) is 1. The average Bonchev–Trinajstić information content (AvgIpc) is 2.37. The van der Waals surface area contributed by atoms with Crippen molar-refractivity contribution in [1.82, 2.24) is 0 Å². The Kier molecular flexibility index (Phi) is 2.05. The summed E-state index contributed by atoms with van der Waals surface area (Å²) in [7, 11) is 1.44. The highest BCUT2D eigenvalue weighted by atomic mass is 16.5. The number of hydrogen-bond donors (Lipinski definition) is 1. The molecule has 1 heterocycles. The fourth-order valence-electron chi connectivity index (χ4n) is 1.14. The summed E-state index contributed by atoms with van der Waals surface area (Å²) in [6, 6.07) is 0.0926. The van der Waals surface area contributed by atoms with Gasteiger partial charge in [-0.15, -0.1) is 0 Å². The summed E-state index contributed by atoms with van der Waals surface area (Å²) in [4.78, 5) is 10.8. The molecule has 0 aromatic carbocycles. The maximum absolute atomic E-state index is 10.8. The molecule has 0 aliphatic carbocycles. The first-order valence-corrected chi connectivity index (χ1v) is 3.26. The molecule has 9 heavy (non-hydrogen) atoms. The summed E-state index contributed by atoms with van der Waals surface area (Å²) < 4.78 is 4.56. The molecule has 1 aliphatic rings. The van der Waals surface area contributed by atoms with Crippen LogP contribution in [0.5, 0.6) is 0 Å². The van der Waals surface area contributed by atoms with E-state index in [1.54, 1.807) is 0 Å². The Morgan fingerprint density at radius 2 is 2.56 bits per heavy atom. The molecule has 1 aliphatic heterocycles. The van der Waals surface area contributed by atoms with E-state index < -0.39 is 0 Å². The maximum Gasteiger partial charge on any atom is 0.364 e. The molecule has 2 N–H and O–H groups in total. The molecule has 0 amide bonds. The Balaban J connectivity index is 2.32. The zero-order valence-electron chi connectivity index (χ0n) is 5.59. The number of rotatable bonds is 1. The van der Waals surface area contributed by atoms with Gasteiger partial charge in [0.05, 0.1) is 13.7 Å². The summed E-state index contributed by atoms with van der Waals surface area (Å²) in [5.74, 6) is -0.0764. The second-order valence-corrected chi connectivity index (χ2v) is 2.30. The van der Waals surface area contributed by atoms with Crippen molar-refractivity contribution in [3.05, 3.63) is 0 Å². The van der Waals surface area contributed by atoms with Crippen molar-refractivity contribution in [2.75, 3.05) is 13.7 Å². The molecule has 52 valence electrons. The van der Waals surface area contributed by atoms with Crippen LogP contribution in [0.1, 0.15) is 12.8 Å². The third kappa shape index (κ3) is 1.42. The van der Waals surface area contributed by atoms with Gasteiger partial charge in [0, 0.05) is 12.8 Å². The highest BCUT2D eigenvalue weighted by Gasteiger charge is 2.26. The van der Waals surface area contributed by atoms with Crippen LogP contribution in [0.25, 0.3) is 0 Å². The van der Waals surface area contributed by atoms with Crippen molar-refractivity contribution in [1.29, 1.82) is 0 Å². The van der Waals surface area contributed by atoms with E-state index in [-0.39, 0.29) is 12.0 Å². The van der Waals surface area contributed by atoms with Crippen LogP contribution in [0.4, 0.5) is 0 Å². The van der Waals surface area contributed by atoms with Crippen LogP contribution in [-0.4, -0.2) is 25.7 Å². The van der Waals surface area contributed by atoms with Crippen LogP contribution in [0, 0.1) is 0 Å². The van der Waals surface area contributed by atoms with Gasteiger partial charge in [0.1, 0.15) is 0 Å². The van der Waals surface area contributed by atoms with Crippen molar-refractivity contribution in [2.45, 2.75) is 18.9 Å². The SMILES string of the molecule is COC(=O)C1CCC[NH2+]1. The smallest absolute Gasteiger partial charge is 0.364 e. The van der Waals surface area contributed by atoms with E-state index in [2.05, 4.69) is 4.74 Å². The molecule has 0 saturated carbocycles. The van der Waals surface area contributed by atoms with Crippen molar-refractivity contribution >= 4 is 5.97 Å². The Bertz CT molecular complexity index is 108. The van der Waals surface area contributed by atoms with Crippen LogP contribution < -0.4 is 5.32 Å². The molecule has 0 aromatic rings. The first kappa shape index (κ1) is 6.55. The van der Waals surface area contributed by atoms with Gasteiger partial charge in [-0.25, -0.2) is 4.79 Å². The van der Waals surface area contributed by atoms with Gasteiger partial charge in [0.15, 0.2) is 6.04 Å². The molecular formula is C6H12NO2+. The molecule has 0 aromatic heterocycles. The molecule has 1 unspecified atom stereocenters. The number of carbonyl (C=O) groups excluding carboxylic acids is 1. The maximum atomic E-state index is 10.8. The number of nitrogens with two attached hydrogens (primary N) is 1. The fourth-order valence-corrected chi connectivity index (χ4v) is 1.14. The van der Waals surface area contributed by atoms with Gasteiger partial charge in [-0.3, -0.25) is 0 Å². The standard InChI is InChI=1S/C6H11NO2/c1-9-6(8)5-3-2-4-7-5/h5,7H,2-4H2,1H3/p+1. The van der Waals surface area contributed by atoms with Gasteiger partial charge in [-0.1, -0.05) is 0 Å². The number of methoxy groups -OCH3 is 1. The van der Waals surface area contributed by atoms with Crippen molar-refractivity contribution in [3.63, 3.8) is 0 Å². The zero-order chi connectivity index (χ0) is 6.69. The Morgan fingerprint density at radius 1 is 1.78 bits per heavy atom. The highest BCUT2D eigenvalue weighted by Crippen LogP contribution is 1.97. The van der Waals surface area contributed by atoms with E-state index in [0.717, 1.165) is 19.4 Å². The Hall–Kier alpha value is -0.570. The summed E-state index contributed by atoms with van der Waals surface area (Å²) in [6.07, 6.45) is 2.12. The average molecular weight is 130 g/mol. The first-order chi connectivity index (χ1) is 4.34. The third-order valence-corrected chi connectivity index (χ3v) is 1.67. The zero-order valence-corrected chi connectivity index (χ0v) is 5.59. The molecule has 0 radical (unpaired) electrons. The normalized spacial score (nSPS) is 26.1. The lowest BCUT2D eigenvalue weighted by atomic mass is 10.2. The third-order valence-electron chi connectivity index (χ3n) is 1.67. The van der Waals surface area contributed by atoms with Crippen molar-refractivity contribution < 1.29 is 14.8 Å². The largest absolute Gasteiger partial charge is 0.465 e. The summed E-state index contributed by atoms with van der Waals surface area (Å²) in [5.41, 5.74) is 0. The molecule has 3 nitrogen and oxygen atoms in total. The second-order valence-electron chi connectivity index (χ2n) is 2.30. The van der Waals surface area contributed by atoms with Crippen LogP contribution in [0.2, 0.25) is 0 Å². The lowest BCUT2D eigenvalue weighted by Crippen LogP contribution is -2.88. The molecule has 1 atom stereocenters. The molecular weight excluding hydrogens is 118 g/mol. The van der Waals surface area contributed by atoms with E-state index in [4.69, 9.17) is 0 Å². The number of hydrogen-bond acceptors (Lipinski definition) is 2. The minimum atomic E-state index is -0.0764. The van der Waals surface area contributed by atoms with Gasteiger partial charge in [0.2, 0.25) is 0 Å². The molecule has 0 bridgehead atoms. The summed E-state index contributed by atoms with van der Waals surface area (Å²) in [6.45, 7) is 1.07. The Labute approximate surface area is 54.4 Å². The minimum absolute atomic E-state index is 0.0764. The molecule has 3 heteroatoms. The monoisotopic (exact) mass is 130 g/mol. The van der Waals surface area contributed by atoms with Crippen LogP contribution in [0.15, 0.2) is 0 Å². The van der Waals surface area contributed by atoms with Gasteiger partial charge < -0.3 is 10.1 Å². The first-order valence-electron chi connectivity index (χ1n) is 3.26. The topological polar surface area (TPSA) is 42.9 Å². The lowest BCUT2D eigenvalue weighted by molar-refractivity contribution is -0.658. The van der Waals surface area contributed by atoms with E-state index in [1.807, 2.05) is 5.32 Å². The van der Waals surface area contributed by atoms with Gasteiger partial charge in [-0.2, -0.15) is 0 Å². The highest BCUT2D eigenvalue weighted by molar-refractivity contribution is 5.73. The second kappa shape index (κ2) is 2.82. The summed E-state index contributed by atoms with van der Waals surface area (Å²) in [5, 5.41) is 2.03. The predicted molar refractivity (Wildman–Crippen MR) is 31.8 cm³/mol. The molecule has 0 spiro atoms. The van der Waals surface area contributed by atoms with Crippen LogP contribution in [-0.2, 0) is 9.53 Å². The number of quaternary nitrogens is 1. The predicted octanol–water partition coefficient (Wildman–Crippen LogP) is -1.11. The summed E-state index contributed by atoms with van der Waals surface area (Å²) >= 11 is 0. The van der Waals surface area contributed by atoms with E-state index in [0.29, 0.717) is 0 Å². The number of esters is 1. The lowest BCUT2D eigenvalue weighted by Gasteiger charge is -2.01. The van der Waals surface area contributed by atoms with Crippen LogP contribution >= 0.6 is 0 Å². The quantitative estimate of drug-likeness (QED) is 0.457. The van der Waals surface area contributed by atoms with E-state index in [1.165, 1.54) is 7.11 Å². The van der Waals surface area contributed by atoms with E-state index in [9.17, 15) is 4.79 Å². The van der Waals surface area contributed by atoms with Gasteiger partial charge >= 0.3 is 5.97 Å². The van der Waals surface area contributed by atoms with Crippen molar-refractivity contribution in [3.8, 4) is 0 Å². The van der Waals surface area contributed by atoms with Gasteiger partial charge in [0.25, 0.3) is 0 Å². The molecule has 1 rings (SSSR count). The van der Waals surface area contributed by atoms with Crippen molar-refractivity contribution in [2.24, 2.45) is 0 Å². The molecule has 1 saturated heterocycles. The van der Waals surface area contributed by atoms with E-state index >= 15 is 0 Å². The number of carbonyl (C=O) groups is 1. The fraction of sp³-hybridized carbons (Fsp3) is 0.833. The minimum Gasteiger partial charge on any atom is -0.465 e. The Morgan fingerprint density at radius 3 is 3.00 bits per heavy atom. The van der Waals surface area contributed by atoms with Crippen LogP contribution in [0.3, 0.4) is 0 Å². The van der Waals surface area contributed by atoms with Gasteiger partial charge in [-0.05, 0) is 0 Å². The molecule has 1 fully saturated rings.